The zero-order valence-corrected chi connectivity index (χ0v) is 13.0. The Morgan fingerprint density at radius 2 is 1.96 bits per heavy atom. The summed E-state index contributed by atoms with van der Waals surface area (Å²) in [4.78, 5) is 2.25. The van der Waals surface area contributed by atoms with E-state index in [0.717, 1.165) is 49.8 Å². The molecular weight excluding hydrogens is 290 g/mol. The van der Waals surface area contributed by atoms with Crippen LogP contribution in [0, 0.1) is 11.3 Å². The van der Waals surface area contributed by atoms with Gasteiger partial charge in [0.25, 0.3) is 0 Å². The number of fused-ring (bicyclic) bond motifs is 1. The van der Waals surface area contributed by atoms with Gasteiger partial charge in [-0.25, -0.2) is 0 Å². The van der Waals surface area contributed by atoms with Crippen LogP contribution in [0.25, 0.3) is 0 Å². The first kappa shape index (κ1) is 14.1. The molecule has 4 heterocycles. The summed E-state index contributed by atoms with van der Waals surface area (Å²) in [5, 5.41) is 26.0. The topological polar surface area (TPSA) is 83.5 Å². The number of hydrogen-bond acceptors (Lipinski definition) is 6. The van der Waals surface area contributed by atoms with Gasteiger partial charge in [0.15, 0.2) is 17.3 Å². The maximum absolute atomic E-state index is 8.87. The van der Waals surface area contributed by atoms with Crippen LogP contribution in [0.4, 0.5) is 5.82 Å². The molecule has 0 aromatic carbocycles. The largest absolute Gasteiger partial charge is 0.345 e. The van der Waals surface area contributed by atoms with Crippen molar-refractivity contribution in [3.8, 4) is 6.07 Å². The first-order chi connectivity index (χ1) is 11.4. The summed E-state index contributed by atoms with van der Waals surface area (Å²) in [7, 11) is 0. The lowest BCUT2D eigenvalue weighted by Gasteiger charge is -2.25. The Morgan fingerprint density at radius 1 is 1.00 bits per heavy atom. The third kappa shape index (κ3) is 2.54. The minimum atomic E-state index is 0.205. The zero-order valence-electron chi connectivity index (χ0n) is 13.0. The highest BCUT2D eigenvalue weighted by atomic mass is 15.4. The summed E-state index contributed by atoms with van der Waals surface area (Å²) >= 11 is 0. The van der Waals surface area contributed by atoms with Crippen LogP contribution in [0.15, 0.2) is 12.1 Å². The molecule has 2 aliphatic rings. The molecule has 0 spiro atoms. The summed E-state index contributed by atoms with van der Waals surface area (Å²) in [5.74, 6) is 3.00. The first-order valence-corrected chi connectivity index (χ1v) is 8.29. The van der Waals surface area contributed by atoms with Gasteiger partial charge in [0.05, 0.1) is 6.04 Å². The van der Waals surface area contributed by atoms with Gasteiger partial charge in [-0.05, 0) is 37.8 Å². The van der Waals surface area contributed by atoms with Crippen LogP contribution >= 0.6 is 0 Å². The van der Waals surface area contributed by atoms with Gasteiger partial charge in [-0.15, -0.1) is 20.4 Å². The van der Waals surface area contributed by atoms with Gasteiger partial charge in [0, 0.05) is 19.5 Å². The summed E-state index contributed by atoms with van der Waals surface area (Å²) in [6.45, 7) is 1.95. The maximum Gasteiger partial charge on any atom is 0.163 e. The van der Waals surface area contributed by atoms with Gasteiger partial charge >= 0.3 is 0 Å². The monoisotopic (exact) mass is 309 g/mol. The average molecular weight is 309 g/mol. The van der Waals surface area contributed by atoms with Crippen LogP contribution in [0.1, 0.15) is 55.5 Å². The highest BCUT2D eigenvalue weighted by molar-refractivity contribution is 5.42. The van der Waals surface area contributed by atoms with E-state index in [1.54, 1.807) is 6.07 Å². The van der Waals surface area contributed by atoms with Crippen molar-refractivity contribution >= 4 is 5.82 Å². The summed E-state index contributed by atoms with van der Waals surface area (Å²) in [6, 6.07) is 5.82. The Morgan fingerprint density at radius 3 is 2.78 bits per heavy atom. The molecule has 1 fully saturated rings. The van der Waals surface area contributed by atoms with Crippen molar-refractivity contribution in [3.63, 3.8) is 0 Å². The Balaban J connectivity index is 1.65. The van der Waals surface area contributed by atoms with Crippen molar-refractivity contribution in [1.29, 1.82) is 5.26 Å². The average Bonchev–Trinajstić information content (AvgIpc) is 3.16. The summed E-state index contributed by atoms with van der Waals surface area (Å²) < 4.78 is 2.31. The lowest BCUT2D eigenvalue weighted by molar-refractivity contribution is 0.557. The molecule has 0 amide bonds. The van der Waals surface area contributed by atoms with E-state index in [4.69, 9.17) is 5.26 Å². The third-order valence-corrected chi connectivity index (χ3v) is 4.75. The van der Waals surface area contributed by atoms with Crippen molar-refractivity contribution in [1.82, 2.24) is 25.0 Å². The van der Waals surface area contributed by atoms with E-state index in [1.165, 1.54) is 19.3 Å². The van der Waals surface area contributed by atoms with Crippen LogP contribution in [-0.2, 0) is 13.0 Å². The fraction of sp³-hybridized carbons (Fsp3) is 0.562. The number of rotatable bonds is 2. The maximum atomic E-state index is 8.87. The molecule has 1 saturated heterocycles. The minimum absolute atomic E-state index is 0.205. The first-order valence-electron chi connectivity index (χ1n) is 8.29. The standard InChI is InChI=1S/C16H19N7/c17-11-12-7-8-15(19-18-12)22-10-4-5-13(22)16-21-20-14-6-2-1-3-9-23(14)16/h7-8,13H,1-6,9-10H2. The molecular formula is C16H19N7. The molecule has 0 N–H and O–H groups in total. The van der Waals surface area contributed by atoms with E-state index >= 15 is 0 Å². The van der Waals surface area contributed by atoms with E-state index in [2.05, 4.69) is 29.9 Å². The number of hydrogen-bond donors (Lipinski definition) is 0. The van der Waals surface area contributed by atoms with Gasteiger partial charge in [-0.1, -0.05) is 6.42 Å². The van der Waals surface area contributed by atoms with Gasteiger partial charge in [0.1, 0.15) is 11.9 Å². The van der Waals surface area contributed by atoms with Gasteiger partial charge < -0.3 is 9.47 Å². The molecule has 2 aromatic rings. The fourth-order valence-electron chi connectivity index (χ4n) is 3.60. The number of nitriles is 1. The van der Waals surface area contributed by atoms with Crippen LogP contribution < -0.4 is 4.90 Å². The van der Waals surface area contributed by atoms with E-state index < -0.39 is 0 Å². The predicted molar refractivity (Wildman–Crippen MR) is 83.6 cm³/mol. The van der Waals surface area contributed by atoms with E-state index in [1.807, 2.05) is 12.1 Å². The molecule has 7 nitrogen and oxygen atoms in total. The highest BCUT2D eigenvalue weighted by Gasteiger charge is 2.32. The number of anilines is 1. The SMILES string of the molecule is N#Cc1ccc(N2CCCC2c2nnc3n2CCCCC3)nn1. The lowest BCUT2D eigenvalue weighted by Crippen LogP contribution is -2.26. The van der Waals surface area contributed by atoms with Crippen molar-refractivity contribution in [2.24, 2.45) is 0 Å². The predicted octanol–water partition coefficient (Wildman–Crippen LogP) is 2.01. The van der Waals surface area contributed by atoms with Gasteiger partial charge in [-0.3, -0.25) is 0 Å². The van der Waals surface area contributed by atoms with Gasteiger partial charge in [0.2, 0.25) is 0 Å². The van der Waals surface area contributed by atoms with Crippen molar-refractivity contribution in [2.75, 3.05) is 11.4 Å². The normalized spacial score (nSPS) is 20.8. The quantitative estimate of drug-likeness (QED) is 0.843. The Bertz CT molecular complexity index is 728. The Labute approximate surface area is 135 Å². The summed E-state index contributed by atoms with van der Waals surface area (Å²) in [5.41, 5.74) is 0.348. The van der Waals surface area contributed by atoms with Crippen LogP contribution in [0.3, 0.4) is 0 Å². The molecule has 23 heavy (non-hydrogen) atoms. The minimum Gasteiger partial charge on any atom is -0.345 e. The van der Waals surface area contributed by atoms with E-state index in [0.29, 0.717) is 5.69 Å². The molecule has 2 aliphatic heterocycles. The lowest BCUT2D eigenvalue weighted by atomic mass is 10.2. The molecule has 118 valence electrons. The second-order valence-electron chi connectivity index (χ2n) is 6.18. The zero-order chi connectivity index (χ0) is 15.6. The smallest absolute Gasteiger partial charge is 0.163 e. The van der Waals surface area contributed by atoms with Crippen molar-refractivity contribution in [3.05, 3.63) is 29.5 Å². The molecule has 0 radical (unpaired) electrons. The second kappa shape index (κ2) is 5.95. The van der Waals surface area contributed by atoms with Crippen LogP contribution in [0.2, 0.25) is 0 Å². The van der Waals surface area contributed by atoms with Crippen LogP contribution in [-0.4, -0.2) is 31.5 Å². The number of aryl methyl sites for hydroxylation is 1. The Kier molecular flexibility index (Phi) is 3.66. The van der Waals surface area contributed by atoms with E-state index in [9.17, 15) is 0 Å². The number of aromatic nitrogens is 5. The third-order valence-electron chi connectivity index (χ3n) is 4.75. The molecule has 0 aliphatic carbocycles. The van der Waals surface area contributed by atoms with Crippen molar-refractivity contribution in [2.45, 2.75) is 51.1 Å². The summed E-state index contributed by atoms with van der Waals surface area (Å²) in [6.07, 6.45) is 6.85. The second-order valence-corrected chi connectivity index (χ2v) is 6.18. The van der Waals surface area contributed by atoms with Crippen LogP contribution in [0.5, 0.6) is 0 Å². The Hall–Kier alpha value is -2.49. The molecule has 0 bridgehead atoms. The molecule has 4 rings (SSSR count). The molecule has 2 aromatic heterocycles. The molecule has 7 heteroatoms. The van der Waals surface area contributed by atoms with E-state index in [-0.39, 0.29) is 6.04 Å². The van der Waals surface area contributed by atoms with Gasteiger partial charge in [-0.2, -0.15) is 5.26 Å². The number of nitrogens with zero attached hydrogens (tertiary/aromatic N) is 7. The highest BCUT2D eigenvalue weighted by Crippen LogP contribution is 2.35. The van der Waals surface area contributed by atoms with Crippen molar-refractivity contribution < 1.29 is 0 Å². The molecule has 1 atom stereocenters. The fourth-order valence-corrected chi connectivity index (χ4v) is 3.60. The molecule has 1 unspecified atom stereocenters. The molecule has 0 saturated carbocycles.